The number of hydrogen-bond acceptors (Lipinski definition) is 6. The van der Waals surface area contributed by atoms with Crippen molar-refractivity contribution in [2.45, 2.75) is 6.54 Å². The van der Waals surface area contributed by atoms with Crippen molar-refractivity contribution < 1.29 is 4.42 Å². The zero-order valence-electron chi connectivity index (χ0n) is 11.6. The van der Waals surface area contributed by atoms with E-state index in [4.69, 9.17) is 10.2 Å². The third kappa shape index (κ3) is 3.37. The third-order valence-electron chi connectivity index (χ3n) is 2.98. The number of anilines is 4. The number of nitrogen functional groups attached to an aromatic ring is 1. The van der Waals surface area contributed by atoms with Gasteiger partial charge in [-0.05, 0) is 30.3 Å². The van der Waals surface area contributed by atoms with Crippen molar-refractivity contribution in [1.29, 1.82) is 0 Å². The Morgan fingerprint density at radius 1 is 1.14 bits per heavy atom. The minimum atomic E-state index is 0.453. The van der Waals surface area contributed by atoms with Gasteiger partial charge in [-0.15, -0.1) is 0 Å². The molecule has 0 spiro atoms. The van der Waals surface area contributed by atoms with Crippen LogP contribution in [0.2, 0.25) is 0 Å². The standard InChI is InChI=1S/C15H14BrN5O/c16-10-3-1-4-11(7-10)21-15-13(17)14(19-9-20-15)18-8-12-5-2-6-22-12/h1-7,9H,8,17H2,(H2,18,19,20,21). The molecule has 6 nitrogen and oxygen atoms in total. The van der Waals surface area contributed by atoms with E-state index in [2.05, 4.69) is 36.5 Å². The van der Waals surface area contributed by atoms with Crippen molar-refractivity contribution >= 4 is 38.9 Å². The summed E-state index contributed by atoms with van der Waals surface area (Å²) in [6.45, 7) is 0.505. The van der Waals surface area contributed by atoms with Gasteiger partial charge < -0.3 is 20.8 Å². The number of halogens is 1. The number of benzene rings is 1. The monoisotopic (exact) mass is 359 g/mol. The van der Waals surface area contributed by atoms with Gasteiger partial charge in [0.25, 0.3) is 0 Å². The smallest absolute Gasteiger partial charge is 0.159 e. The van der Waals surface area contributed by atoms with Crippen molar-refractivity contribution in [2.75, 3.05) is 16.4 Å². The molecule has 0 amide bonds. The first-order chi connectivity index (χ1) is 10.7. The maximum atomic E-state index is 6.12. The fraction of sp³-hybridized carbons (Fsp3) is 0.0667. The fourth-order valence-corrected chi connectivity index (χ4v) is 2.32. The molecule has 0 aliphatic carbocycles. The predicted molar refractivity (Wildman–Crippen MR) is 89.9 cm³/mol. The molecular formula is C15H14BrN5O. The Bertz CT molecular complexity index is 760. The number of nitrogens with two attached hydrogens (primary N) is 1. The molecule has 112 valence electrons. The Labute approximate surface area is 135 Å². The lowest BCUT2D eigenvalue weighted by atomic mass is 10.3. The summed E-state index contributed by atoms with van der Waals surface area (Å²) >= 11 is 3.43. The number of aromatic nitrogens is 2. The van der Waals surface area contributed by atoms with Crippen molar-refractivity contribution in [3.63, 3.8) is 0 Å². The van der Waals surface area contributed by atoms with Crippen LogP contribution in [0.25, 0.3) is 0 Å². The molecular weight excluding hydrogens is 346 g/mol. The van der Waals surface area contributed by atoms with Crippen molar-refractivity contribution in [1.82, 2.24) is 9.97 Å². The van der Waals surface area contributed by atoms with Gasteiger partial charge in [-0.3, -0.25) is 0 Å². The second-order valence-electron chi connectivity index (χ2n) is 4.55. The van der Waals surface area contributed by atoms with Crippen LogP contribution in [0.4, 0.5) is 23.0 Å². The maximum Gasteiger partial charge on any atom is 0.159 e. The molecule has 2 heterocycles. The van der Waals surface area contributed by atoms with Crippen LogP contribution in [0.5, 0.6) is 0 Å². The SMILES string of the molecule is Nc1c(NCc2ccco2)ncnc1Nc1cccc(Br)c1. The van der Waals surface area contributed by atoms with Gasteiger partial charge in [-0.25, -0.2) is 9.97 Å². The van der Waals surface area contributed by atoms with Crippen LogP contribution in [-0.2, 0) is 6.54 Å². The number of rotatable bonds is 5. The highest BCUT2D eigenvalue weighted by molar-refractivity contribution is 9.10. The van der Waals surface area contributed by atoms with Gasteiger partial charge in [-0.2, -0.15) is 0 Å². The molecule has 3 rings (SSSR count). The average Bonchev–Trinajstić information content (AvgIpc) is 3.02. The first kappa shape index (κ1) is 14.4. The third-order valence-corrected chi connectivity index (χ3v) is 3.47. The quantitative estimate of drug-likeness (QED) is 0.642. The van der Waals surface area contributed by atoms with E-state index in [0.717, 1.165) is 15.9 Å². The van der Waals surface area contributed by atoms with Crippen LogP contribution in [0, 0.1) is 0 Å². The summed E-state index contributed by atoms with van der Waals surface area (Å²) in [6.07, 6.45) is 3.09. The molecule has 4 N–H and O–H groups in total. The zero-order valence-corrected chi connectivity index (χ0v) is 13.2. The number of nitrogens with zero attached hydrogens (tertiary/aromatic N) is 2. The van der Waals surface area contributed by atoms with E-state index in [1.807, 2.05) is 36.4 Å². The zero-order chi connectivity index (χ0) is 15.4. The molecule has 0 aliphatic heterocycles. The van der Waals surface area contributed by atoms with E-state index in [-0.39, 0.29) is 0 Å². The molecule has 0 radical (unpaired) electrons. The van der Waals surface area contributed by atoms with E-state index < -0.39 is 0 Å². The number of hydrogen-bond donors (Lipinski definition) is 3. The second-order valence-corrected chi connectivity index (χ2v) is 5.47. The fourth-order valence-electron chi connectivity index (χ4n) is 1.92. The van der Waals surface area contributed by atoms with Gasteiger partial charge in [0, 0.05) is 10.2 Å². The molecule has 0 bridgehead atoms. The Morgan fingerprint density at radius 2 is 2.00 bits per heavy atom. The number of furan rings is 1. The molecule has 3 aromatic rings. The Kier molecular flexibility index (Phi) is 4.24. The normalized spacial score (nSPS) is 10.4. The summed E-state index contributed by atoms with van der Waals surface area (Å²) in [5.41, 5.74) is 7.46. The molecule has 0 unspecified atom stereocenters. The van der Waals surface area contributed by atoms with E-state index in [1.54, 1.807) is 6.26 Å². The van der Waals surface area contributed by atoms with E-state index in [1.165, 1.54) is 6.33 Å². The summed E-state index contributed by atoms with van der Waals surface area (Å²) < 4.78 is 6.24. The predicted octanol–water partition coefficient (Wildman–Crippen LogP) is 3.77. The molecule has 0 aliphatic rings. The minimum absolute atomic E-state index is 0.453. The Balaban J connectivity index is 1.76. The molecule has 0 saturated carbocycles. The molecule has 22 heavy (non-hydrogen) atoms. The van der Waals surface area contributed by atoms with Crippen LogP contribution < -0.4 is 16.4 Å². The second kappa shape index (κ2) is 6.48. The molecule has 0 saturated heterocycles. The molecule has 7 heteroatoms. The average molecular weight is 360 g/mol. The van der Waals surface area contributed by atoms with Gasteiger partial charge in [0.1, 0.15) is 17.8 Å². The molecule has 0 fully saturated rings. The van der Waals surface area contributed by atoms with Gasteiger partial charge in [0.15, 0.2) is 11.6 Å². The van der Waals surface area contributed by atoms with Crippen molar-refractivity contribution in [3.8, 4) is 0 Å². The molecule has 1 aromatic carbocycles. The van der Waals surface area contributed by atoms with Crippen LogP contribution in [0.15, 0.2) is 57.9 Å². The summed E-state index contributed by atoms with van der Waals surface area (Å²) in [6, 6.07) is 11.5. The van der Waals surface area contributed by atoms with Crippen molar-refractivity contribution in [2.24, 2.45) is 0 Å². The summed E-state index contributed by atoms with van der Waals surface area (Å²) in [5, 5.41) is 6.31. The van der Waals surface area contributed by atoms with E-state index in [9.17, 15) is 0 Å². The largest absolute Gasteiger partial charge is 0.467 e. The first-order valence-electron chi connectivity index (χ1n) is 6.61. The first-order valence-corrected chi connectivity index (χ1v) is 7.41. The van der Waals surface area contributed by atoms with Crippen LogP contribution in [-0.4, -0.2) is 9.97 Å². The van der Waals surface area contributed by atoms with Gasteiger partial charge in [0.2, 0.25) is 0 Å². The Morgan fingerprint density at radius 3 is 2.77 bits per heavy atom. The maximum absolute atomic E-state index is 6.12. The van der Waals surface area contributed by atoms with Crippen LogP contribution >= 0.6 is 15.9 Å². The van der Waals surface area contributed by atoms with Gasteiger partial charge in [0.05, 0.1) is 12.8 Å². The van der Waals surface area contributed by atoms with Crippen LogP contribution in [0.3, 0.4) is 0 Å². The highest BCUT2D eigenvalue weighted by Crippen LogP contribution is 2.27. The molecule has 2 aromatic heterocycles. The summed E-state index contributed by atoms with van der Waals surface area (Å²) in [7, 11) is 0. The lowest BCUT2D eigenvalue weighted by Gasteiger charge is -2.12. The van der Waals surface area contributed by atoms with E-state index in [0.29, 0.717) is 23.9 Å². The van der Waals surface area contributed by atoms with Gasteiger partial charge in [-0.1, -0.05) is 22.0 Å². The Hall–Kier alpha value is -2.54. The topological polar surface area (TPSA) is 89.0 Å². The summed E-state index contributed by atoms with van der Waals surface area (Å²) in [4.78, 5) is 8.34. The van der Waals surface area contributed by atoms with Crippen LogP contribution in [0.1, 0.15) is 5.76 Å². The lowest BCUT2D eigenvalue weighted by Crippen LogP contribution is -2.07. The summed E-state index contributed by atoms with van der Waals surface area (Å²) in [5.74, 6) is 1.92. The highest BCUT2D eigenvalue weighted by Gasteiger charge is 2.09. The molecule has 0 atom stereocenters. The minimum Gasteiger partial charge on any atom is -0.467 e. The lowest BCUT2D eigenvalue weighted by molar-refractivity contribution is 0.518. The van der Waals surface area contributed by atoms with Crippen molar-refractivity contribution in [3.05, 3.63) is 59.2 Å². The van der Waals surface area contributed by atoms with E-state index >= 15 is 0 Å². The number of nitrogens with one attached hydrogen (secondary N) is 2. The van der Waals surface area contributed by atoms with Gasteiger partial charge >= 0.3 is 0 Å². The highest BCUT2D eigenvalue weighted by atomic mass is 79.9.